The number of hydrogen-bond acceptors (Lipinski definition) is 3. The van der Waals surface area contributed by atoms with E-state index >= 15 is 0 Å². The molecule has 4 nitrogen and oxygen atoms in total. The summed E-state index contributed by atoms with van der Waals surface area (Å²) in [6.07, 6.45) is 6.01. The molecule has 1 aliphatic rings. The molecule has 0 spiro atoms. The van der Waals surface area contributed by atoms with Crippen molar-refractivity contribution in [3.63, 3.8) is 0 Å². The Bertz CT molecular complexity index is 736. The van der Waals surface area contributed by atoms with E-state index in [0.717, 1.165) is 44.3 Å². The molecule has 1 N–H and O–H groups in total. The molecule has 0 radical (unpaired) electrons. The summed E-state index contributed by atoms with van der Waals surface area (Å²) in [7, 11) is 0. The van der Waals surface area contributed by atoms with E-state index in [9.17, 15) is 9.59 Å². The number of nitrogens with zero attached hydrogens (tertiary/aromatic N) is 1. The molecule has 1 atom stereocenters. The van der Waals surface area contributed by atoms with E-state index in [4.69, 9.17) is 0 Å². The van der Waals surface area contributed by atoms with Crippen LogP contribution in [0.1, 0.15) is 53.5 Å². The summed E-state index contributed by atoms with van der Waals surface area (Å²) in [4.78, 5) is 30.9. The third-order valence-corrected chi connectivity index (χ3v) is 5.66. The predicted molar refractivity (Wildman–Crippen MR) is 97.8 cm³/mol. The normalized spacial score (nSPS) is 17.9. The standard InChI is InChI=1S/C19H24N2O2S/c1-2-15-12-14(13-18(22)20-15)19(23)21-10-4-3-6-16(21)8-9-17-7-5-11-24-17/h5,7,11-13,16H,2-4,6,8-10H2,1H3,(H,20,22). The first-order valence-corrected chi connectivity index (χ1v) is 9.62. The van der Waals surface area contributed by atoms with Gasteiger partial charge in [-0.15, -0.1) is 11.3 Å². The lowest BCUT2D eigenvalue weighted by atomic mass is 9.96. The van der Waals surface area contributed by atoms with E-state index in [2.05, 4.69) is 22.5 Å². The van der Waals surface area contributed by atoms with Crippen LogP contribution >= 0.6 is 11.3 Å². The van der Waals surface area contributed by atoms with Gasteiger partial charge in [0.25, 0.3) is 5.91 Å². The number of likely N-dealkylation sites (tertiary alicyclic amines) is 1. The Hall–Kier alpha value is -1.88. The topological polar surface area (TPSA) is 53.2 Å². The van der Waals surface area contributed by atoms with Crippen molar-refractivity contribution in [1.29, 1.82) is 0 Å². The smallest absolute Gasteiger partial charge is 0.254 e. The maximum Gasteiger partial charge on any atom is 0.254 e. The maximum atomic E-state index is 13.0. The van der Waals surface area contributed by atoms with Crippen LogP contribution in [0, 0.1) is 0 Å². The number of nitrogens with one attached hydrogen (secondary N) is 1. The molecule has 24 heavy (non-hydrogen) atoms. The number of carbonyl (C=O) groups is 1. The molecular weight excluding hydrogens is 320 g/mol. The number of hydrogen-bond donors (Lipinski definition) is 1. The summed E-state index contributed by atoms with van der Waals surface area (Å²) in [5.74, 6) is 0.00618. The number of aromatic nitrogens is 1. The lowest BCUT2D eigenvalue weighted by Gasteiger charge is -2.36. The lowest BCUT2D eigenvalue weighted by molar-refractivity contribution is 0.0602. The number of aryl methyl sites for hydroxylation is 2. The van der Waals surface area contributed by atoms with Crippen molar-refractivity contribution in [3.8, 4) is 0 Å². The minimum absolute atomic E-state index is 0.00618. The SMILES string of the molecule is CCc1cc(C(=O)N2CCCCC2CCc2cccs2)cc(=O)[nH]1. The van der Waals surface area contributed by atoms with Crippen LogP contribution in [0.5, 0.6) is 0 Å². The summed E-state index contributed by atoms with van der Waals surface area (Å²) in [6, 6.07) is 7.77. The molecule has 2 aromatic rings. The predicted octanol–water partition coefficient (Wildman–Crippen LogP) is 3.63. The second-order valence-electron chi connectivity index (χ2n) is 6.38. The Morgan fingerprint density at radius 3 is 3.00 bits per heavy atom. The quantitative estimate of drug-likeness (QED) is 0.900. The molecule has 1 saturated heterocycles. The molecule has 1 amide bonds. The van der Waals surface area contributed by atoms with Gasteiger partial charge in [0.2, 0.25) is 5.56 Å². The number of amides is 1. The third kappa shape index (κ3) is 3.96. The monoisotopic (exact) mass is 344 g/mol. The number of H-pyrrole nitrogens is 1. The van der Waals surface area contributed by atoms with Gasteiger partial charge in [-0.05, 0) is 56.0 Å². The molecule has 0 saturated carbocycles. The van der Waals surface area contributed by atoms with E-state index in [0.29, 0.717) is 5.56 Å². The molecule has 5 heteroatoms. The highest BCUT2D eigenvalue weighted by molar-refractivity contribution is 7.09. The third-order valence-electron chi connectivity index (χ3n) is 4.72. The lowest BCUT2D eigenvalue weighted by Crippen LogP contribution is -2.44. The van der Waals surface area contributed by atoms with Gasteiger partial charge in [-0.25, -0.2) is 0 Å². The maximum absolute atomic E-state index is 13.0. The van der Waals surface area contributed by atoms with E-state index in [1.54, 1.807) is 11.3 Å². The molecule has 1 aliphatic heterocycles. The van der Waals surface area contributed by atoms with Crippen LogP contribution in [0.3, 0.4) is 0 Å². The number of rotatable bonds is 5. The first-order chi connectivity index (χ1) is 11.7. The minimum atomic E-state index is -0.190. The Labute approximate surface area is 146 Å². The van der Waals surface area contributed by atoms with Crippen LogP contribution in [-0.2, 0) is 12.8 Å². The molecule has 1 fully saturated rings. The van der Waals surface area contributed by atoms with Crippen LogP contribution in [0.25, 0.3) is 0 Å². The highest BCUT2D eigenvalue weighted by Crippen LogP contribution is 2.24. The molecule has 128 valence electrons. The number of pyridine rings is 1. The molecule has 0 bridgehead atoms. The number of aromatic amines is 1. The van der Waals surface area contributed by atoms with Crippen molar-refractivity contribution in [2.24, 2.45) is 0 Å². The Morgan fingerprint density at radius 1 is 1.38 bits per heavy atom. The molecular formula is C19H24N2O2S. The van der Waals surface area contributed by atoms with Crippen LogP contribution in [0.2, 0.25) is 0 Å². The van der Waals surface area contributed by atoms with Crippen molar-refractivity contribution in [1.82, 2.24) is 9.88 Å². The second-order valence-corrected chi connectivity index (χ2v) is 7.41. The second kappa shape index (κ2) is 7.79. The van der Waals surface area contributed by atoms with Gasteiger partial charge in [0.05, 0.1) is 0 Å². The van der Waals surface area contributed by atoms with Crippen molar-refractivity contribution in [3.05, 3.63) is 56.1 Å². The van der Waals surface area contributed by atoms with Crippen LogP contribution < -0.4 is 5.56 Å². The van der Waals surface area contributed by atoms with E-state index < -0.39 is 0 Å². The molecule has 1 unspecified atom stereocenters. The Kier molecular flexibility index (Phi) is 5.51. The number of carbonyl (C=O) groups excluding carboxylic acids is 1. The van der Waals surface area contributed by atoms with E-state index in [1.165, 1.54) is 17.4 Å². The first-order valence-electron chi connectivity index (χ1n) is 8.74. The highest BCUT2D eigenvalue weighted by atomic mass is 32.1. The Balaban J connectivity index is 1.75. The molecule has 0 aromatic carbocycles. The Morgan fingerprint density at radius 2 is 2.25 bits per heavy atom. The van der Waals surface area contributed by atoms with Crippen LogP contribution in [-0.4, -0.2) is 28.4 Å². The summed E-state index contributed by atoms with van der Waals surface area (Å²) >= 11 is 1.78. The van der Waals surface area contributed by atoms with Gasteiger partial charge in [0, 0.05) is 34.8 Å². The summed E-state index contributed by atoms with van der Waals surface area (Å²) < 4.78 is 0. The van der Waals surface area contributed by atoms with E-state index in [-0.39, 0.29) is 17.5 Å². The van der Waals surface area contributed by atoms with Crippen molar-refractivity contribution in [2.75, 3.05) is 6.54 Å². The average Bonchev–Trinajstić information content (AvgIpc) is 3.12. The van der Waals surface area contributed by atoms with Gasteiger partial charge < -0.3 is 9.88 Å². The number of thiophene rings is 1. The van der Waals surface area contributed by atoms with Gasteiger partial charge in [0.15, 0.2) is 0 Å². The first kappa shape index (κ1) is 17.0. The zero-order valence-electron chi connectivity index (χ0n) is 14.1. The van der Waals surface area contributed by atoms with Crippen molar-refractivity contribution >= 4 is 17.2 Å². The summed E-state index contributed by atoms with van der Waals surface area (Å²) in [5, 5.41) is 2.10. The van der Waals surface area contributed by atoms with Gasteiger partial charge in [0.1, 0.15) is 0 Å². The van der Waals surface area contributed by atoms with Gasteiger partial charge >= 0.3 is 0 Å². The van der Waals surface area contributed by atoms with Gasteiger partial charge in [-0.3, -0.25) is 9.59 Å². The fourth-order valence-electron chi connectivity index (χ4n) is 3.41. The molecule has 3 rings (SSSR count). The largest absolute Gasteiger partial charge is 0.336 e. The molecule has 2 aromatic heterocycles. The molecule has 0 aliphatic carbocycles. The van der Waals surface area contributed by atoms with Gasteiger partial charge in [-0.2, -0.15) is 0 Å². The van der Waals surface area contributed by atoms with Crippen molar-refractivity contribution < 1.29 is 4.79 Å². The van der Waals surface area contributed by atoms with Gasteiger partial charge in [-0.1, -0.05) is 13.0 Å². The fraction of sp³-hybridized carbons (Fsp3) is 0.474. The van der Waals surface area contributed by atoms with Crippen LogP contribution in [0.15, 0.2) is 34.4 Å². The van der Waals surface area contributed by atoms with E-state index in [1.807, 2.05) is 17.9 Å². The average molecular weight is 344 g/mol. The molecule has 3 heterocycles. The minimum Gasteiger partial charge on any atom is -0.336 e. The summed E-state index contributed by atoms with van der Waals surface area (Å²) in [6.45, 7) is 2.77. The fourth-order valence-corrected chi connectivity index (χ4v) is 4.14. The summed E-state index contributed by atoms with van der Waals surface area (Å²) in [5.41, 5.74) is 1.15. The number of piperidine rings is 1. The van der Waals surface area contributed by atoms with Crippen molar-refractivity contribution in [2.45, 2.75) is 51.5 Å². The zero-order chi connectivity index (χ0) is 16.9. The highest BCUT2D eigenvalue weighted by Gasteiger charge is 2.27. The zero-order valence-corrected chi connectivity index (χ0v) is 14.9. The van der Waals surface area contributed by atoms with Crippen LogP contribution in [0.4, 0.5) is 0 Å².